The van der Waals surface area contributed by atoms with Gasteiger partial charge >= 0.3 is 0 Å². The van der Waals surface area contributed by atoms with Crippen molar-refractivity contribution in [2.24, 2.45) is 0 Å². The molecule has 0 N–H and O–H groups in total. The van der Waals surface area contributed by atoms with E-state index in [9.17, 15) is 8.78 Å². The van der Waals surface area contributed by atoms with Gasteiger partial charge in [-0.15, -0.1) is 0 Å². The third-order valence-corrected chi connectivity index (χ3v) is 2.32. The molecule has 0 radical (unpaired) electrons. The average Bonchev–Trinajstić information content (AvgIpc) is 2.41. The minimum absolute atomic E-state index is 0.377. The lowest BCUT2D eigenvalue weighted by molar-refractivity contribution is 0.127. The molecule has 4 nitrogen and oxygen atoms in total. The first-order chi connectivity index (χ1) is 7.08. The van der Waals surface area contributed by atoms with Crippen molar-refractivity contribution >= 4 is 27.2 Å². The van der Waals surface area contributed by atoms with Crippen molar-refractivity contribution < 1.29 is 8.78 Å². The highest BCUT2D eigenvalue weighted by molar-refractivity contribution is 9.10. The summed E-state index contributed by atoms with van der Waals surface area (Å²) < 4.78 is 26.5. The highest BCUT2D eigenvalue weighted by atomic mass is 79.9. The van der Waals surface area contributed by atoms with Crippen molar-refractivity contribution in [2.75, 3.05) is 0 Å². The van der Waals surface area contributed by atoms with Crippen molar-refractivity contribution in [2.45, 2.75) is 19.9 Å². The number of alkyl halides is 2. The van der Waals surface area contributed by atoms with Crippen LogP contribution < -0.4 is 0 Å². The summed E-state index contributed by atoms with van der Waals surface area (Å²) in [6.45, 7) is 1.25. The van der Waals surface area contributed by atoms with E-state index in [1.54, 1.807) is 6.92 Å². The predicted octanol–water partition coefficient (Wildman–Crippen LogP) is 2.16. The van der Waals surface area contributed by atoms with Crippen LogP contribution in [0.25, 0.3) is 11.3 Å². The lowest BCUT2D eigenvalue weighted by Gasteiger charge is -2.03. The zero-order chi connectivity index (χ0) is 11.0. The quantitative estimate of drug-likeness (QED) is 0.844. The Bertz CT molecular complexity index is 497. The van der Waals surface area contributed by atoms with Gasteiger partial charge in [-0.3, -0.25) is 0 Å². The number of imidazole rings is 1. The van der Waals surface area contributed by atoms with Crippen molar-refractivity contribution in [3.8, 4) is 0 Å². The summed E-state index contributed by atoms with van der Waals surface area (Å²) in [6, 6.07) is 0. The van der Waals surface area contributed by atoms with Gasteiger partial charge in [-0.25, -0.2) is 23.7 Å². The molecule has 0 unspecified atom stereocenters. The summed E-state index contributed by atoms with van der Waals surface area (Å²) in [5.41, 5.74) is 0.763. The molecule has 0 aliphatic rings. The Hall–Kier alpha value is -1.11. The Morgan fingerprint density at radius 2 is 2.20 bits per heavy atom. The Morgan fingerprint density at radius 3 is 2.87 bits per heavy atom. The van der Waals surface area contributed by atoms with Gasteiger partial charge in [0.2, 0.25) is 0 Å². The molecule has 0 aliphatic carbocycles. The number of hydrogen-bond acceptors (Lipinski definition) is 3. The van der Waals surface area contributed by atoms with Gasteiger partial charge in [-0.2, -0.15) is 0 Å². The maximum Gasteiger partial charge on any atom is 0.256 e. The van der Waals surface area contributed by atoms with Crippen LogP contribution in [-0.2, 0) is 6.54 Å². The molecule has 2 aromatic rings. The van der Waals surface area contributed by atoms with Crippen LogP contribution in [0.15, 0.2) is 10.8 Å². The number of nitrogens with zero attached hydrogens (tertiary/aromatic N) is 4. The number of fused-ring (bicyclic) bond motifs is 1. The number of aryl methyl sites for hydroxylation is 1. The highest BCUT2D eigenvalue weighted by Gasteiger charge is 2.13. The zero-order valence-corrected chi connectivity index (χ0v) is 9.37. The van der Waals surface area contributed by atoms with E-state index in [1.807, 2.05) is 0 Å². The van der Waals surface area contributed by atoms with E-state index in [-0.39, 0.29) is 0 Å². The van der Waals surface area contributed by atoms with Crippen LogP contribution in [0.3, 0.4) is 0 Å². The van der Waals surface area contributed by atoms with Crippen molar-refractivity contribution in [1.29, 1.82) is 0 Å². The molecule has 2 heterocycles. The van der Waals surface area contributed by atoms with Gasteiger partial charge < -0.3 is 4.57 Å². The number of aromatic nitrogens is 4. The molecule has 15 heavy (non-hydrogen) atoms. The summed E-state index contributed by atoms with van der Waals surface area (Å²) in [6.07, 6.45) is -0.961. The largest absolute Gasteiger partial charge is 0.306 e. The molecule has 0 saturated heterocycles. The van der Waals surface area contributed by atoms with Crippen molar-refractivity contribution in [3.63, 3.8) is 0 Å². The highest BCUT2D eigenvalue weighted by Crippen LogP contribution is 2.15. The number of hydrogen-bond donors (Lipinski definition) is 0. The molecule has 0 amide bonds. The molecule has 0 aromatic carbocycles. The second-order valence-electron chi connectivity index (χ2n) is 3.00. The topological polar surface area (TPSA) is 43.6 Å². The lowest BCUT2D eigenvalue weighted by atomic mass is 10.5. The Kier molecular flexibility index (Phi) is 2.64. The minimum Gasteiger partial charge on any atom is -0.306 e. The normalized spacial score (nSPS) is 11.5. The molecule has 2 rings (SSSR count). The smallest absolute Gasteiger partial charge is 0.256 e. The van der Waals surface area contributed by atoms with Crippen LogP contribution in [0.1, 0.15) is 5.82 Å². The van der Waals surface area contributed by atoms with Crippen LogP contribution in [0.4, 0.5) is 8.78 Å². The molecule has 0 saturated carbocycles. The Balaban J connectivity index is 2.58. The monoisotopic (exact) mass is 276 g/mol. The van der Waals surface area contributed by atoms with Crippen LogP contribution in [-0.4, -0.2) is 25.9 Å². The zero-order valence-electron chi connectivity index (χ0n) is 7.78. The van der Waals surface area contributed by atoms with Gasteiger partial charge in [0, 0.05) is 0 Å². The number of rotatable bonds is 2. The third kappa shape index (κ3) is 1.97. The van der Waals surface area contributed by atoms with Gasteiger partial charge in [-0.05, 0) is 22.9 Å². The first-order valence-electron chi connectivity index (χ1n) is 4.21. The molecule has 0 aliphatic heterocycles. The molecule has 0 fully saturated rings. The van der Waals surface area contributed by atoms with E-state index in [2.05, 4.69) is 30.9 Å². The van der Waals surface area contributed by atoms with Gasteiger partial charge in [0.1, 0.15) is 10.4 Å². The van der Waals surface area contributed by atoms with E-state index in [1.165, 1.54) is 10.8 Å². The van der Waals surface area contributed by atoms with Gasteiger partial charge in [0.15, 0.2) is 11.3 Å². The molecular formula is C8H7BrF2N4. The molecule has 0 bridgehead atoms. The average molecular weight is 277 g/mol. The fraction of sp³-hybridized carbons (Fsp3) is 0.375. The van der Waals surface area contributed by atoms with E-state index >= 15 is 0 Å². The summed E-state index contributed by atoms with van der Waals surface area (Å²) in [7, 11) is 0. The standard InChI is InChI=1S/C8H7BrF2N4/c1-4-13-7-8(12-2-5(9)14-7)15(4)3-6(10)11/h2,6H,3H2,1H3. The Morgan fingerprint density at radius 1 is 1.47 bits per heavy atom. The fourth-order valence-electron chi connectivity index (χ4n) is 1.34. The first kappa shape index (κ1) is 10.4. The minimum atomic E-state index is -2.42. The maximum atomic E-state index is 12.3. The van der Waals surface area contributed by atoms with Crippen LogP contribution in [0.5, 0.6) is 0 Å². The molecular weight excluding hydrogens is 270 g/mol. The van der Waals surface area contributed by atoms with E-state index in [0.29, 0.717) is 21.7 Å². The van der Waals surface area contributed by atoms with Crippen LogP contribution >= 0.6 is 15.9 Å². The SMILES string of the molecule is Cc1nc2nc(Br)cnc2n1CC(F)F. The van der Waals surface area contributed by atoms with Gasteiger partial charge in [0.25, 0.3) is 6.43 Å². The van der Waals surface area contributed by atoms with Crippen LogP contribution in [0, 0.1) is 6.92 Å². The Labute approximate surface area is 92.5 Å². The van der Waals surface area contributed by atoms with E-state index < -0.39 is 13.0 Å². The van der Waals surface area contributed by atoms with Crippen LogP contribution in [0.2, 0.25) is 0 Å². The summed E-state index contributed by atoms with van der Waals surface area (Å²) in [4.78, 5) is 12.1. The molecule has 7 heteroatoms. The summed E-state index contributed by atoms with van der Waals surface area (Å²) in [5.74, 6) is 0.489. The second-order valence-corrected chi connectivity index (χ2v) is 3.81. The molecule has 80 valence electrons. The van der Waals surface area contributed by atoms with E-state index in [0.717, 1.165) is 0 Å². The van der Waals surface area contributed by atoms with Gasteiger partial charge in [0.05, 0.1) is 12.7 Å². The maximum absolute atomic E-state index is 12.3. The molecule has 0 spiro atoms. The molecule has 2 aromatic heterocycles. The molecule has 0 atom stereocenters. The van der Waals surface area contributed by atoms with Crippen molar-refractivity contribution in [1.82, 2.24) is 19.5 Å². The first-order valence-corrected chi connectivity index (χ1v) is 5.01. The lowest BCUT2D eigenvalue weighted by Crippen LogP contribution is -2.08. The van der Waals surface area contributed by atoms with Crippen molar-refractivity contribution in [3.05, 3.63) is 16.6 Å². The fourth-order valence-corrected chi connectivity index (χ4v) is 1.61. The predicted molar refractivity (Wildman–Crippen MR) is 53.8 cm³/mol. The second kappa shape index (κ2) is 3.80. The summed E-state index contributed by atoms with van der Waals surface area (Å²) >= 11 is 3.15. The van der Waals surface area contributed by atoms with Gasteiger partial charge in [-0.1, -0.05) is 0 Å². The van der Waals surface area contributed by atoms with E-state index in [4.69, 9.17) is 0 Å². The number of halogens is 3. The third-order valence-electron chi connectivity index (χ3n) is 1.94. The summed E-state index contributed by atoms with van der Waals surface area (Å²) in [5, 5.41) is 0.